The highest BCUT2D eigenvalue weighted by Gasteiger charge is 2.07. The molecule has 0 unspecified atom stereocenters. The molecule has 0 heterocycles. The quantitative estimate of drug-likeness (QED) is 0.377. The van der Waals surface area contributed by atoms with Crippen molar-refractivity contribution in [3.8, 4) is 0 Å². The smallest absolute Gasteiger partial charge is 0.181 e. The molecule has 0 bridgehead atoms. The molecule has 13 heavy (non-hydrogen) atoms. The van der Waals surface area contributed by atoms with Gasteiger partial charge in [0.25, 0.3) is 0 Å². The molecule has 0 spiro atoms. The maximum atomic E-state index is 11.0. The Morgan fingerprint density at radius 3 is 2.38 bits per heavy atom. The van der Waals surface area contributed by atoms with Gasteiger partial charge in [0.15, 0.2) is 5.78 Å². The number of carbonyl (C=O) groups excluding carboxylic acids is 1. The van der Waals surface area contributed by atoms with E-state index in [0.717, 1.165) is 0 Å². The fraction of sp³-hybridized carbons (Fsp3) is 0.364. The second kappa shape index (κ2) is 5.36. The summed E-state index contributed by atoms with van der Waals surface area (Å²) in [7, 11) is 0. The monoisotopic (exact) mass is 180 g/mol. The van der Waals surface area contributed by atoms with Gasteiger partial charge in [0.2, 0.25) is 0 Å². The van der Waals surface area contributed by atoms with E-state index in [1.54, 1.807) is 12.2 Å². The molecule has 0 aliphatic rings. The fourth-order valence-electron chi connectivity index (χ4n) is 0.524. The predicted molar refractivity (Wildman–Crippen MR) is 54.3 cm³/mol. The zero-order valence-corrected chi connectivity index (χ0v) is 8.41. The van der Waals surface area contributed by atoms with Crippen molar-refractivity contribution in [2.75, 3.05) is 0 Å². The number of ketones is 1. The Morgan fingerprint density at radius 1 is 1.31 bits per heavy atom. The van der Waals surface area contributed by atoms with E-state index in [4.69, 9.17) is 4.74 Å². The Labute approximate surface area is 79.6 Å². The third-order valence-corrected chi connectivity index (χ3v) is 1.05. The van der Waals surface area contributed by atoms with Crippen molar-refractivity contribution < 1.29 is 9.53 Å². The first-order valence-electron chi connectivity index (χ1n) is 4.13. The van der Waals surface area contributed by atoms with Gasteiger partial charge in [0.1, 0.15) is 0 Å². The van der Waals surface area contributed by atoms with E-state index in [0.29, 0.717) is 0 Å². The van der Waals surface area contributed by atoms with Crippen LogP contribution in [0.4, 0.5) is 0 Å². The molecule has 0 radical (unpaired) electrons. The second-order valence-corrected chi connectivity index (χ2v) is 3.53. The third kappa shape index (κ3) is 8.60. The van der Waals surface area contributed by atoms with Crippen LogP contribution in [0.2, 0.25) is 0 Å². The first kappa shape index (κ1) is 11.7. The number of hydrogen-bond donors (Lipinski definition) is 0. The van der Waals surface area contributed by atoms with Crippen molar-refractivity contribution in [2.24, 2.45) is 0 Å². The highest BCUT2D eigenvalue weighted by Crippen LogP contribution is 2.06. The molecule has 0 atom stereocenters. The summed E-state index contributed by atoms with van der Waals surface area (Å²) in [6.45, 7) is 9.21. The average molecular weight is 180 g/mol. The van der Waals surface area contributed by atoms with Crippen molar-refractivity contribution in [1.82, 2.24) is 0 Å². The molecule has 0 amide bonds. The molecule has 0 rings (SSSR count). The van der Waals surface area contributed by atoms with Crippen molar-refractivity contribution in [2.45, 2.75) is 26.4 Å². The second-order valence-electron chi connectivity index (χ2n) is 3.53. The lowest BCUT2D eigenvalue weighted by Gasteiger charge is -2.17. The minimum Gasteiger partial charge on any atom is -0.496 e. The third-order valence-electron chi connectivity index (χ3n) is 1.05. The van der Waals surface area contributed by atoms with Gasteiger partial charge < -0.3 is 4.74 Å². The Morgan fingerprint density at radius 2 is 1.92 bits per heavy atom. The van der Waals surface area contributed by atoms with Gasteiger partial charge in [-0.2, -0.15) is 0 Å². The average Bonchev–Trinajstić information content (AvgIpc) is 1.98. The van der Waals surface area contributed by atoms with Gasteiger partial charge in [-0.05, 0) is 26.8 Å². The van der Waals surface area contributed by atoms with E-state index in [1.165, 1.54) is 18.4 Å². The van der Waals surface area contributed by atoms with Crippen LogP contribution in [-0.2, 0) is 9.53 Å². The number of hydrogen-bond acceptors (Lipinski definition) is 2. The van der Waals surface area contributed by atoms with Crippen LogP contribution in [0.3, 0.4) is 0 Å². The van der Waals surface area contributed by atoms with Gasteiger partial charge in [-0.15, -0.1) is 0 Å². The first-order chi connectivity index (χ1) is 5.95. The zero-order chi connectivity index (χ0) is 10.3. The molecule has 0 aromatic carbocycles. The zero-order valence-electron chi connectivity index (χ0n) is 8.41. The fourth-order valence-corrected chi connectivity index (χ4v) is 0.524. The minimum absolute atomic E-state index is 0.107. The van der Waals surface area contributed by atoms with E-state index in [-0.39, 0.29) is 11.4 Å². The lowest BCUT2D eigenvalue weighted by atomic mass is 10.2. The summed E-state index contributed by atoms with van der Waals surface area (Å²) in [6, 6.07) is 0. The standard InChI is InChI=1S/C11H16O2/c1-5-6-7-10(12)8-9-13-11(2,3)4/h5-9H,1H2,2-4H3/b7-6+,9-8+. The molecule has 0 saturated carbocycles. The normalized spacial score (nSPS) is 12.2. The maximum absolute atomic E-state index is 11.0. The van der Waals surface area contributed by atoms with Gasteiger partial charge in [0.05, 0.1) is 11.9 Å². The molecule has 0 aromatic rings. The summed E-state index contributed by atoms with van der Waals surface area (Å²) >= 11 is 0. The van der Waals surface area contributed by atoms with Crippen LogP contribution in [-0.4, -0.2) is 11.4 Å². The summed E-state index contributed by atoms with van der Waals surface area (Å²) in [5, 5.41) is 0. The van der Waals surface area contributed by atoms with E-state index in [2.05, 4.69) is 6.58 Å². The van der Waals surface area contributed by atoms with Crippen LogP contribution < -0.4 is 0 Å². The molecule has 0 N–H and O–H groups in total. The number of rotatable bonds is 4. The maximum Gasteiger partial charge on any atom is 0.181 e. The summed E-state index contributed by atoms with van der Waals surface area (Å²) in [5.41, 5.74) is -0.251. The molecule has 2 heteroatoms. The van der Waals surface area contributed by atoms with Crippen molar-refractivity contribution >= 4 is 5.78 Å². The molecular weight excluding hydrogens is 164 g/mol. The van der Waals surface area contributed by atoms with Gasteiger partial charge >= 0.3 is 0 Å². The van der Waals surface area contributed by atoms with Gasteiger partial charge in [0, 0.05) is 6.08 Å². The van der Waals surface area contributed by atoms with Crippen LogP contribution in [0.15, 0.2) is 37.1 Å². The number of allylic oxidation sites excluding steroid dienone is 4. The summed E-state index contributed by atoms with van der Waals surface area (Å²) in [6.07, 6.45) is 7.36. The first-order valence-corrected chi connectivity index (χ1v) is 4.13. The molecule has 2 nitrogen and oxygen atoms in total. The van der Waals surface area contributed by atoms with Crippen LogP contribution >= 0.6 is 0 Å². The lowest BCUT2D eigenvalue weighted by Crippen LogP contribution is -2.15. The Bertz CT molecular complexity index is 229. The van der Waals surface area contributed by atoms with Crippen molar-refractivity contribution in [3.05, 3.63) is 37.1 Å². The molecule has 0 aliphatic carbocycles. The largest absolute Gasteiger partial charge is 0.496 e. The van der Waals surface area contributed by atoms with E-state index in [1.807, 2.05) is 20.8 Å². The molecule has 0 fully saturated rings. The van der Waals surface area contributed by atoms with E-state index >= 15 is 0 Å². The Kier molecular flexibility index (Phi) is 4.82. The van der Waals surface area contributed by atoms with Gasteiger partial charge in [-0.3, -0.25) is 4.79 Å². The van der Waals surface area contributed by atoms with Gasteiger partial charge in [-0.1, -0.05) is 18.7 Å². The predicted octanol–water partition coefficient (Wildman–Crippen LogP) is 2.63. The summed E-state index contributed by atoms with van der Waals surface area (Å²) < 4.78 is 5.22. The summed E-state index contributed by atoms with van der Waals surface area (Å²) in [5.74, 6) is -0.107. The summed E-state index contributed by atoms with van der Waals surface area (Å²) in [4.78, 5) is 11.0. The molecule has 0 aliphatic heterocycles. The Balaban J connectivity index is 3.92. The number of ether oxygens (including phenoxy) is 1. The van der Waals surface area contributed by atoms with Crippen LogP contribution in [0.1, 0.15) is 20.8 Å². The molecule has 0 saturated heterocycles. The van der Waals surface area contributed by atoms with Crippen LogP contribution in [0.25, 0.3) is 0 Å². The SMILES string of the molecule is C=C/C=C/C(=O)/C=C/OC(C)(C)C. The van der Waals surface area contributed by atoms with Crippen LogP contribution in [0, 0.1) is 0 Å². The highest BCUT2D eigenvalue weighted by atomic mass is 16.5. The minimum atomic E-state index is -0.251. The van der Waals surface area contributed by atoms with Gasteiger partial charge in [-0.25, -0.2) is 0 Å². The van der Waals surface area contributed by atoms with Crippen molar-refractivity contribution in [3.63, 3.8) is 0 Å². The highest BCUT2D eigenvalue weighted by molar-refractivity contribution is 5.99. The van der Waals surface area contributed by atoms with E-state index < -0.39 is 0 Å². The number of carbonyl (C=O) groups is 1. The molecule has 0 aromatic heterocycles. The lowest BCUT2D eigenvalue weighted by molar-refractivity contribution is -0.110. The van der Waals surface area contributed by atoms with E-state index in [9.17, 15) is 4.79 Å². The molecule has 72 valence electrons. The molecular formula is C11H16O2. The van der Waals surface area contributed by atoms with Crippen LogP contribution in [0.5, 0.6) is 0 Å². The Hall–Kier alpha value is -1.31. The topological polar surface area (TPSA) is 26.3 Å². The van der Waals surface area contributed by atoms with Crippen molar-refractivity contribution in [1.29, 1.82) is 0 Å².